The average Bonchev–Trinajstić information content (AvgIpc) is 2.56. The van der Waals surface area contributed by atoms with Crippen LogP contribution in [0.1, 0.15) is 5.69 Å². The van der Waals surface area contributed by atoms with Gasteiger partial charge in [0.2, 0.25) is 0 Å². The zero-order chi connectivity index (χ0) is 16.8. The van der Waals surface area contributed by atoms with Crippen molar-refractivity contribution in [1.82, 2.24) is 9.88 Å². The molecule has 1 heterocycles. The number of carbonyl (C=O) groups is 1. The van der Waals surface area contributed by atoms with Crippen LogP contribution in [-0.2, 0) is 6.54 Å². The van der Waals surface area contributed by atoms with Gasteiger partial charge in [-0.25, -0.2) is 4.79 Å². The number of anilines is 1. The lowest BCUT2D eigenvalue weighted by Crippen LogP contribution is -2.31. The Morgan fingerprint density at radius 1 is 1.26 bits per heavy atom. The molecule has 2 amide bonds. The van der Waals surface area contributed by atoms with E-state index < -0.39 is 0 Å². The van der Waals surface area contributed by atoms with Crippen molar-refractivity contribution < 1.29 is 14.3 Å². The number of aromatic nitrogens is 1. The molecule has 0 bridgehead atoms. The van der Waals surface area contributed by atoms with E-state index in [1.165, 1.54) is 19.1 Å². The molecule has 0 aliphatic rings. The van der Waals surface area contributed by atoms with E-state index in [-0.39, 0.29) is 6.03 Å². The second-order valence-electron chi connectivity index (χ2n) is 4.79. The number of hydrogen-bond acceptors (Lipinski definition) is 4. The molecule has 1 aromatic carbocycles. The topological polar surface area (TPSA) is 63.7 Å². The van der Waals surface area contributed by atoms with Crippen molar-refractivity contribution >= 4 is 23.3 Å². The van der Waals surface area contributed by atoms with E-state index in [0.29, 0.717) is 28.8 Å². The Kier molecular flexibility index (Phi) is 5.65. The predicted molar refractivity (Wildman–Crippen MR) is 89.3 cm³/mol. The average molecular weight is 336 g/mol. The highest BCUT2D eigenvalue weighted by Gasteiger charge is 2.15. The molecule has 122 valence electrons. The Morgan fingerprint density at radius 3 is 2.61 bits per heavy atom. The summed E-state index contributed by atoms with van der Waals surface area (Å²) in [6.07, 6.45) is 1.69. The van der Waals surface area contributed by atoms with Crippen LogP contribution in [0.5, 0.6) is 11.5 Å². The summed E-state index contributed by atoms with van der Waals surface area (Å²) in [4.78, 5) is 18.0. The Balaban J connectivity index is 2.11. The third-order valence-electron chi connectivity index (χ3n) is 3.19. The zero-order valence-corrected chi connectivity index (χ0v) is 13.9. The van der Waals surface area contributed by atoms with Gasteiger partial charge in [-0.3, -0.25) is 4.98 Å². The van der Waals surface area contributed by atoms with Gasteiger partial charge in [-0.15, -0.1) is 0 Å². The maximum atomic E-state index is 12.3. The third kappa shape index (κ3) is 4.26. The summed E-state index contributed by atoms with van der Waals surface area (Å²) in [6.45, 7) is 0.388. The van der Waals surface area contributed by atoms with Crippen LogP contribution in [0.25, 0.3) is 0 Å². The minimum atomic E-state index is -0.296. The van der Waals surface area contributed by atoms with Gasteiger partial charge >= 0.3 is 6.03 Å². The van der Waals surface area contributed by atoms with Crippen molar-refractivity contribution in [2.45, 2.75) is 6.54 Å². The Bertz CT molecular complexity index is 680. The quantitative estimate of drug-likeness (QED) is 0.909. The lowest BCUT2D eigenvalue weighted by atomic mass is 10.2. The second-order valence-corrected chi connectivity index (χ2v) is 5.20. The lowest BCUT2D eigenvalue weighted by Gasteiger charge is -2.19. The fourth-order valence-corrected chi connectivity index (χ4v) is 2.22. The molecule has 1 aromatic heterocycles. The number of nitrogens with zero attached hydrogens (tertiary/aromatic N) is 2. The number of carbonyl (C=O) groups excluding carboxylic acids is 1. The van der Waals surface area contributed by atoms with Gasteiger partial charge in [0.1, 0.15) is 11.5 Å². The van der Waals surface area contributed by atoms with Crippen LogP contribution < -0.4 is 14.8 Å². The van der Waals surface area contributed by atoms with E-state index in [0.717, 1.165) is 5.69 Å². The van der Waals surface area contributed by atoms with Crippen LogP contribution in [0.2, 0.25) is 5.02 Å². The van der Waals surface area contributed by atoms with Crippen molar-refractivity contribution in [1.29, 1.82) is 0 Å². The molecule has 7 heteroatoms. The molecule has 0 radical (unpaired) electrons. The summed E-state index contributed by atoms with van der Waals surface area (Å²) >= 11 is 6.10. The normalized spacial score (nSPS) is 10.1. The molecule has 0 atom stereocenters. The molecule has 23 heavy (non-hydrogen) atoms. The SMILES string of the molecule is COc1cc(OC)c(NC(=O)N(C)Cc2ccccn2)cc1Cl. The highest BCUT2D eigenvalue weighted by Crippen LogP contribution is 2.35. The second kappa shape index (κ2) is 7.69. The maximum absolute atomic E-state index is 12.3. The summed E-state index contributed by atoms with van der Waals surface area (Å²) in [5.41, 5.74) is 1.26. The molecule has 0 saturated heterocycles. The van der Waals surface area contributed by atoms with E-state index in [9.17, 15) is 4.79 Å². The number of halogens is 1. The standard InChI is InChI=1S/C16H18ClN3O3/c1-20(10-11-6-4-5-7-18-11)16(21)19-13-8-12(17)14(22-2)9-15(13)23-3/h4-9H,10H2,1-3H3,(H,19,21). The number of nitrogens with one attached hydrogen (secondary N) is 1. The Morgan fingerprint density at radius 2 is 2.00 bits per heavy atom. The first kappa shape index (κ1) is 16.9. The highest BCUT2D eigenvalue weighted by molar-refractivity contribution is 6.32. The van der Waals surface area contributed by atoms with Crippen molar-refractivity contribution in [2.75, 3.05) is 26.6 Å². The number of rotatable bonds is 5. The minimum absolute atomic E-state index is 0.296. The molecular weight excluding hydrogens is 318 g/mol. The predicted octanol–water partition coefficient (Wildman–Crippen LogP) is 3.42. The van der Waals surface area contributed by atoms with E-state index in [1.807, 2.05) is 18.2 Å². The molecule has 0 aliphatic heterocycles. The van der Waals surface area contributed by atoms with Gasteiger partial charge in [-0.2, -0.15) is 0 Å². The van der Waals surface area contributed by atoms with Gasteiger partial charge in [0, 0.05) is 19.3 Å². The smallest absolute Gasteiger partial charge is 0.322 e. The summed E-state index contributed by atoms with van der Waals surface area (Å²) < 4.78 is 10.4. The molecule has 2 aromatic rings. The third-order valence-corrected chi connectivity index (χ3v) is 3.48. The first-order chi connectivity index (χ1) is 11.0. The molecule has 1 N–H and O–H groups in total. The van der Waals surface area contributed by atoms with Crippen LogP contribution in [0.4, 0.5) is 10.5 Å². The number of ether oxygens (including phenoxy) is 2. The van der Waals surface area contributed by atoms with Gasteiger partial charge in [-0.05, 0) is 18.2 Å². The lowest BCUT2D eigenvalue weighted by molar-refractivity contribution is 0.220. The van der Waals surface area contributed by atoms with Crippen LogP contribution >= 0.6 is 11.6 Å². The van der Waals surface area contributed by atoms with E-state index >= 15 is 0 Å². The summed E-state index contributed by atoms with van der Waals surface area (Å²) in [7, 11) is 4.71. The van der Waals surface area contributed by atoms with Crippen LogP contribution in [0.3, 0.4) is 0 Å². The van der Waals surface area contributed by atoms with E-state index in [4.69, 9.17) is 21.1 Å². The minimum Gasteiger partial charge on any atom is -0.495 e. The maximum Gasteiger partial charge on any atom is 0.322 e. The van der Waals surface area contributed by atoms with Gasteiger partial charge in [0.05, 0.1) is 37.2 Å². The van der Waals surface area contributed by atoms with Crippen molar-refractivity contribution in [3.63, 3.8) is 0 Å². The molecule has 0 aliphatic carbocycles. The Labute approximate surface area is 140 Å². The van der Waals surface area contributed by atoms with Gasteiger partial charge in [-0.1, -0.05) is 17.7 Å². The summed E-state index contributed by atoms with van der Waals surface area (Å²) in [5, 5.41) is 3.15. The van der Waals surface area contributed by atoms with Gasteiger partial charge < -0.3 is 19.7 Å². The fourth-order valence-electron chi connectivity index (χ4n) is 1.97. The molecule has 0 unspecified atom stereocenters. The molecule has 2 rings (SSSR count). The number of methoxy groups -OCH3 is 2. The molecule has 0 fully saturated rings. The van der Waals surface area contributed by atoms with E-state index in [1.54, 1.807) is 25.4 Å². The first-order valence-corrected chi connectivity index (χ1v) is 7.26. The Hall–Kier alpha value is -2.47. The van der Waals surface area contributed by atoms with E-state index in [2.05, 4.69) is 10.3 Å². The highest BCUT2D eigenvalue weighted by atomic mass is 35.5. The summed E-state index contributed by atoms with van der Waals surface area (Å²) in [5.74, 6) is 0.939. The number of pyridine rings is 1. The van der Waals surface area contributed by atoms with Crippen LogP contribution in [0, 0.1) is 0 Å². The molecular formula is C16H18ClN3O3. The molecule has 0 saturated carbocycles. The van der Waals surface area contributed by atoms with Crippen molar-refractivity contribution in [3.05, 3.63) is 47.2 Å². The van der Waals surface area contributed by atoms with Crippen molar-refractivity contribution in [2.24, 2.45) is 0 Å². The zero-order valence-electron chi connectivity index (χ0n) is 13.2. The largest absolute Gasteiger partial charge is 0.495 e. The van der Waals surface area contributed by atoms with Gasteiger partial charge in [0.15, 0.2) is 0 Å². The fraction of sp³-hybridized carbons (Fsp3) is 0.250. The van der Waals surface area contributed by atoms with Crippen LogP contribution in [0.15, 0.2) is 36.5 Å². The number of hydrogen-bond donors (Lipinski definition) is 1. The number of urea groups is 1. The first-order valence-electron chi connectivity index (χ1n) is 6.88. The monoisotopic (exact) mass is 335 g/mol. The van der Waals surface area contributed by atoms with Crippen molar-refractivity contribution in [3.8, 4) is 11.5 Å². The number of amides is 2. The van der Waals surface area contributed by atoms with Crippen LogP contribution in [-0.4, -0.2) is 37.2 Å². The number of benzene rings is 1. The van der Waals surface area contributed by atoms with Gasteiger partial charge in [0.25, 0.3) is 0 Å². The molecule has 6 nitrogen and oxygen atoms in total. The molecule has 0 spiro atoms. The summed E-state index contributed by atoms with van der Waals surface area (Å²) in [6, 6.07) is 8.47.